The van der Waals surface area contributed by atoms with E-state index in [2.05, 4.69) is 312 Å². The average molecular weight is 913 g/mol. The van der Waals surface area contributed by atoms with Crippen LogP contribution in [-0.4, -0.2) is 0 Å². The van der Waals surface area contributed by atoms with E-state index in [1.807, 2.05) is 0 Å². The fraction of sp³-hybridized carbons (Fsp3) is 0.0448. The molecule has 0 radical (unpaired) electrons. The van der Waals surface area contributed by atoms with Crippen LogP contribution in [0.15, 0.2) is 279 Å². The first-order valence-corrected chi connectivity index (χ1v) is 24.4. The molecule has 0 unspecified atom stereocenters. The summed E-state index contributed by atoms with van der Waals surface area (Å²) in [5, 5.41) is 2.45. The fourth-order valence-corrected chi connectivity index (χ4v) is 10.6. The van der Waals surface area contributed by atoms with Crippen LogP contribution in [0.5, 0.6) is 0 Å². The Bertz CT molecular complexity index is 3510. The number of hydrogen-bond donors (Lipinski definition) is 0. The lowest BCUT2D eigenvalue weighted by molar-refractivity contribution is 0.661. The Morgan fingerprint density at radius 2 is 0.521 bits per heavy atom. The quantitative estimate of drug-likeness (QED) is 0.121. The third kappa shape index (κ3) is 7.96. The summed E-state index contributed by atoms with van der Waals surface area (Å²) in [5.74, 6) is 0. The summed E-state index contributed by atoms with van der Waals surface area (Å²) in [7, 11) is 0. The van der Waals surface area contributed by atoms with Gasteiger partial charge < -0.3 is 19.6 Å². The molecule has 0 atom stereocenters. The van der Waals surface area contributed by atoms with Gasteiger partial charge in [-0.05, 0) is 167 Å². The highest BCUT2D eigenvalue weighted by Gasteiger charge is 2.38. The monoisotopic (exact) mass is 912 g/mol. The molecule has 0 heterocycles. The Hall–Kier alpha value is -9.12. The maximum Gasteiger partial charge on any atom is 0.0543 e. The molecule has 0 N–H and O–H groups in total. The number of hydrogen-bond acceptors (Lipinski definition) is 4. The van der Waals surface area contributed by atoms with Gasteiger partial charge in [0.25, 0.3) is 0 Å². The van der Waals surface area contributed by atoms with Crippen molar-refractivity contribution < 1.29 is 0 Å². The van der Waals surface area contributed by atoms with Crippen LogP contribution >= 0.6 is 0 Å². The molecule has 340 valence electrons. The van der Waals surface area contributed by atoms with Gasteiger partial charge in [0.1, 0.15) is 0 Å². The summed E-state index contributed by atoms with van der Waals surface area (Å²) in [6.45, 7) is 4.79. The Labute approximate surface area is 417 Å². The van der Waals surface area contributed by atoms with Crippen molar-refractivity contribution in [2.75, 3.05) is 19.6 Å². The average Bonchev–Trinajstić information content (AvgIpc) is 3.66. The molecule has 12 rings (SSSR count). The standard InChI is InChI=1S/C67H52N4/c1-67(2)63-47-59(70(53-31-17-7-18-32-53)57-39-37-55(38-40-57)68(49-23-9-3-10-24-49)50-25-11-4-12-26-50)45-46-62(63)66-61-36-22-21-35-60(61)65(48-64(66)67)71(54-33-19-8-20-34-54)58-43-41-56(42-44-58)69(51-27-13-5-14-28-51)52-29-15-6-16-30-52/h3-48H,1-2H3. The van der Waals surface area contributed by atoms with Gasteiger partial charge in [0.2, 0.25) is 0 Å². The van der Waals surface area contributed by atoms with Crippen LogP contribution in [0.3, 0.4) is 0 Å². The van der Waals surface area contributed by atoms with Gasteiger partial charge in [0.15, 0.2) is 0 Å². The molecular weight excluding hydrogens is 861 g/mol. The van der Waals surface area contributed by atoms with E-state index in [0.29, 0.717) is 0 Å². The lowest BCUT2D eigenvalue weighted by Gasteiger charge is -2.31. The fourth-order valence-electron chi connectivity index (χ4n) is 10.6. The molecule has 71 heavy (non-hydrogen) atoms. The van der Waals surface area contributed by atoms with Crippen LogP contribution in [0.1, 0.15) is 25.0 Å². The molecule has 0 saturated carbocycles. The van der Waals surface area contributed by atoms with Gasteiger partial charge in [0, 0.05) is 73.4 Å². The van der Waals surface area contributed by atoms with Gasteiger partial charge in [-0.3, -0.25) is 0 Å². The molecule has 11 aromatic carbocycles. The minimum absolute atomic E-state index is 0.324. The minimum atomic E-state index is -0.324. The van der Waals surface area contributed by atoms with Crippen LogP contribution in [-0.2, 0) is 5.41 Å². The van der Waals surface area contributed by atoms with E-state index in [-0.39, 0.29) is 5.41 Å². The van der Waals surface area contributed by atoms with Crippen molar-refractivity contribution in [2.45, 2.75) is 19.3 Å². The molecular formula is C67H52N4. The zero-order valence-corrected chi connectivity index (χ0v) is 39.8. The molecule has 0 aromatic heterocycles. The summed E-state index contributed by atoms with van der Waals surface area (Å²) < 4.78 is 0. The normalized spacial score (nSPS) is 12.2. The smallest absolute Gasteiger partial charge is 0.0543 e. The summed E-state index contributed by atoms with van der Waals surface area (Å²) in [6.07, 6.45) is 0. The summed E-state index contributed by atoms with van der Waals surface area (Å²) in [5.41, 5.74) is 18.1. The topological polar surface area (TPSA) is 13.0 Å². The highest BCUT2D eigenvalue weighted by molar-refractivity contribution is 6.10. The van der Waals surface area contributed by atoms with Crippen molar-refractivity contribution in [1.82, 2.24) is 0 Å². The molecule has 4 heteroatoms. The van der Waals surface area contributed by atoms with Gasteiger partial charge in [-0.1, -0.05) is 153 Å². The number of rotatable bonds is 12. The van der Waals surface area contributed by atoms with E-state index in [1.165, 1.54) is 33.0 Å². The summed E-state index contributed by atoms with van der Waals surface area (Å²) >= 11 is 0. The van der Waals surface area contributed by atoms with Gasteiger partial charge in [-0.15, -0.1) is 0 Å². The highest BCUT2D eigenvalue weighted by Crippen LogP contribution is 2.56. The Morgan fingerprint density at radius 1 is 0.239 bits per heavy atom. The second-order valence-electron chi connectivity index (χ2n) is 18.6. The second-order valence-corrected chi connectivity index (χ2v) is 18.6. The van der Waals surface area contributed by atoms with E-state index in [0.717, 1.165) is 68.2 Å². The largest absolute Gasteiger partial charge is 0.311 e. The first-order chi connectivity index (χ1) is 35.0. The van der Waals surface area contributed by atoms with Gasteiger partial charge in [0.05, 0.1) is 5.69 Å². The highest BCUT2D eigenvalue weighted by atomic mass is 15.2. The van der Waals surface area contributed by atoms with E-state index in [1.54, 1.807) is 0 Å². The molecule has 0 bridgehead atoms. The van der Waals surface area contributed by atoms with Crippen LogP contribution in [0.2, 0.25) is 0 Å². The third-order valence-corrected chi connectivity index (χ3v) is 14.0. The SMILES string of the molecule is CC1(C)c2cc(N(c3ccccc3)c3ccc(N(c4ccccc4)c4ccccc4)cc3)ccc2-c2c1cc(N(c1ccccc1)c1ccc(N(c3ccccc3)c3ccccc3)cc1)c1ccccc21. The van der Waals surface area contributed by atoms with Gasteiger partial charge in [-0.2, -0.15) is 0 Å². The maximum absolute atomic E-state index is 2.47. The van der Waals surface area contributed by atoms with Crippen molar-refractivity contribution in [2.24, 2.45) is 0 Å². The van der Waals surface area contributed by atoms with E-state index in [9.17, 15) is 0 Å². The number of nitrogens with zero attached hydrogens (tertiary/aromatic N) is 4. The van der Waals surface area contributed by atoms with E-state index < -0.39 is 0 Å². The van der Waals surface area contributed by atoms with Crippen molar-refractivity contribution in [3.8, 4) is 11.1 Å². The minimum Gasteiger partial charge on any atom is -0.311 e. The van der Waals surface area contributed by atoms with Gasteiger partial charge >= 0.3 is 0 Å². The molecule has 0 saturated heterocycles. The van der Waals surface area contributed by atoms with Crippen LogP contribution in [0, 0.1) is 0 Å². The molecule has 0 spiro atoms. The third-order valence-electron chi connectivity index (χ3n) is 14.0. The molecule has 1 aliphatic rings. The zero-order chi connectivity index (χ0) is 47.7. The van der Waals surface area contributed by atoms with Crippen molar-refractivity contribution in [3.05, 3.63) is 290 Å². The predicted octanol–water partition coefficient (Wildman–Crippen LogP) is 19.0. The van der Waals surface area contributed by atoms with E-state index >= 15 is 0 Å². The Morgan fingerprint density at radius 3 is 0.901 bits per heavy atom. The number of para-hydroxylation sites is 6. The molecule has 11 aromatic rings. The first-order valence-electron chi connectivity index (χ1n) is 24.4. The first kappa shape index (κ1) is 43.2. The van der Waals surface area contributed by atoms with E-state index in [4.69, 9.17) is 0 Å². The van der Waals surface area contributed by atoms with Crippen molar-refractivity contribution >= 4 is 79.0 Å². The molecule has 0 aliphatic heterocycles. The van der Waals surface area contributed by atoms with Crippen molar-refractivity contribution in [3.63, 3.8) is 0 Å². The molecule has 0 fully saturated rings. The Kier molecular flexibility index (Phi) is 11.2. The van der Waals surface area contributed by atoms with Crippen LogP contribution < -0.4 is 19.6 Å². The lowest BCUT2D eigenvalue weighted by Crippen LogP contribution is -2.18. The number of fused-ring (bicyclic) bond motifs is 5. The predicted molar refractivity (Wildman–Crippen MR) is 300 cm³/mol. The molecule has 4 nitrogen and oxygen atoms in total. The van der Waals surface area contributed by atoms with Crippen molar-refractivity contribution in [1.29, 1.82) is 0 Å². The second kappa shape index (κ2) is 18.4. The lowest BCUT2D eigenvalue weighted by atomic mass is 9.81. The zero-order valence-electron chi connectivity index (χ0n) is 39.8. The Balaban J connectivity index is 0.956. The summed E-state index contributed by atoms with van der Waals surface area (Å²) in [4.78, 5) is 9.45. The van der Waals surface area contributed by atoms with Gasteiger partial charge in [-0.25, -0.2) is 0 Å². The van der Waals surface area contributed by atoms with Crippen LogP contribution in [0.25, 0.3) is 21.9 Å². The summed E-state index contributed by atoms with van der Waals surface area (Å²) in [6, 6.07) is 100. The number of benzene rings is 11. The maximum atomic E-state index is 2.47. The molecule has 0 amide bonds. The molecule has 1 aliphatic carbocycles. The van der Waals surface area contributed by atoms with Crippen LogP contribution in [0.4, 0.5) is 68.2 Å². The number of anilines is 12.